The smallest absolute Gasteiger partial charge is 0.381 e. The van der Waals surface area contributed by atoms with E-state index in [1.807, 2.05) is 0 Å². The van der Waals surface area contributed by atoms with Crippen LogP contribution in [0.4, 0.5) is 13.2 Å². The van der Waals surface area contributed by atoms with Crippen LogP contribution in [0.3, 0.4) is 0 Å². The summed E-state index contributed by atoms with van der Waals surface area (Å²) in [6.07, 6.45) is -1.89. The van der Waals surface area contributed by atoms with Crippen LogP contribution in [-0.4, -0.2) is 37.1 Å². The molecule has 1 aromatic carbocycles. The topological polar surface area (TPSA) is 29.5 Å². The fraction of sp³-hybridized carbons (Fsp3) is 0.588. The Bertz CT molecular complexity index is 567. The number of benzene rings is 1. The summed E-state index contributed by atoms with van der Waals surface area (Å²) in [5, 5.41) is 0. The second-order valence-electron chi connectivity index (χ2n) is 6.31. The summed E-state index contributed by atoms with van der Waals surface area (Å²) in [6, 6.07) is 5.46. The molecule has 126 valence electrons. The van der Waals surface area contributed by atoms with Crippen molar-refractivity contribution in [1.82, 2.24) is 4.90 Å². The molecule has 23 heavy (non-hydrogen) atoms. The SMILES string of the molecule is O=C([C@H]1CCCOC1)N1CC[C@H](c2cccc(C(F)(F)F)c2)C1. The zero-order valence-corrected chi connectivity index (χ0v) is 12.8. The van der Waals surface area contributed by atoms with E-state index in [1.54, 1.807) is 11.0 Å². The first-order chi connectivity index (χ1) is 10.9. The molecule has 0 N–H and O–H groups in total. The van der Waals surface area contributed by atoms with Gasteiger partial charge in [0.15, 0.2) is 0 Å². The van der Waals surface area contributed by atoms with E-state index < -0.39 is 11.7 Å². The highest BCUT2D eigenvalue weighted by Crippen LogP contribution is 2.34. The van der Waals surface area contributed by atoms with Gasteiger partial charge in [0.05, 0.1) is 18.1 Å². The highest BCUT2D eigenvalue weighted by atomic mass is 19.4. The van der Waals surface area contributed by atoms with Crippen molar-refractivity contribution in [3.05, 3.63) is 35.4 Å². The van der Waals surface area contributed by atoms with Gasteiger partial charge in [-0.3, -0.25) is 4.79 Å². The fourth-order valence-corrected chi connectivity index (χ4v) is 3.40. The molecule has 0 saturated carbocycles. The third-order valence-corrected chi connectivity index (χ3v) is 4.69. The van der Waals surface area contributed by atoms with E-state index in [9.17, 15) is 18.0 Å². The molecule has 6 heteroatoms. The molecule has 3 nitrogen and oxygen atoms in total. The van der Waals surface area contributed by atoms with E-state index in [2.05, 4.69) is 0 Å². The van der Waals surface area contributed by atoms with Crippen molar-refractivity contribution in [3.8, 4) is 0 Å². The number of hydrogen-bond acceptors (Lipinski definition) is 2. The number of amides is 1. The lowest BCUT2D eigenvalue weighted by Gasteiger charge is -2.26. The fourth-order valence-electron chi connectivity index (χ4n) is 3.40. The predicted molar refractivity (Wildman–Crippen MR) is 78.9 cm³/mol. The number of hydrogen-bond donors (Lipinski definition) is 0. The zero-order valence-electron chi connectivity index (χ0n) is 12.8. The molecule has 0 aliphatic carbocycles. The van der Waals surface area contributed by atoms with Gasteiger partial charge in [0.1, 0.15) is 0 Å². The first-order valence-corrected chi connectivity index (χ1v) is 7.99. The molecule has 2 saturated heterocycles. The molecule has 0 unspecified atom stereocenters. The molecule has 2 fully saturated rings. The number of likely N-dealkylation sites (tertiary alicyclic amines) is 1. The first-order valence-electron chi connectivity index (χ1n) is 7.99. The molecule has 2 aliphatic rings. The molecule has 1 aromatic rings. The van der Waals surface area contributed by atoms with Crippen LogP contribution in [0, 0.1) is 5.92 Å². The summed E-state index contributed by atoms with van der Waals surface area (Å²) < 4.78 is 43.8. The molecule has 3 rings (SSSR count). The van der Waals surface area contributed by atoms with E-state index in [4.69, 9.17) is 4.74 Å². The number of ether oxygens (including phenoxy) is 1. The summed E-state index contributed by atoms with van der Waals surface area (Å²) in [5.41, 5.74) is 0.0375. The molecular weight excluding hydrogens is 307 g/mol. The van der Waals surface area contributed by atoms with Crippen LogP contribution in [0.1, 0.15) is 36.3 Å². The maximum atomic E-state index is 12.8. The normalized spacial score (nSPS) is 25.6. The monoisotopic (exact) mass is 327 g/mol. The summed E-state index contributed by atoms with van der Waals surface area (Å²) in [6.45, 7) is 2.27. The summed E-state index contributed by atoms with van der Waals surface area (Å²) >= 11 is 0. The van der Waals surface area contributed by atoms with E-state index in [0.717, 1.165) is 18.9 Å². The molecular formula is C17H20F3NO2. The molecule has 0 bridgehead atoms. The van der Waals surface area contributed by atoms with Gasteiger partial charge in [-0.25, -0.2) is 0 Å². The minimum Gasteiger partial charge on any atom is -0.381 e. The molecule has 0 radical (unpaired) electrons. The average molecular weight is 327 g/mol. The summed E-state index contributed by atoms with van der Waals surface area (Å²) in [7, 11) is 0. The molecule has 0 aromatic heterocycles. The van der Waals surface area contributed by atoms with Crippen LogP contribution in [0.15, 0.2) is 24.3 Å². The Morgan fingerprint density at radius 2 is 2.09 bits per heavy atom. The third-order valence-electron chi connectivity index (χ3n) is 4.69. The Morgan fingerprint density at radius 1 is 1.26 bits per heavy atom. The van der Waals surface area contributed by atoms with Crippen molar-refractivity contribution >= 4 is 5.91 Å². The molecule has 2 heterocycles. The van der Waals surface area contributed by atoms with Gasteiger partial charge in [0.25, 0.3) is 0 Å². The van der Waals surface area contributed by atoms with Gasteiger partial charge in [-0.1, -0.05) is 18.2 Å². The second-order valence-corrected chi connectivity index (χ2v) is 6.31. The van der Waals surface area contributed by atoms with E-state index in [1.165, 1.54) is 12.1 Å². The lowest BCUT2D eigenvalue weighted by molar-refractivity contribution is -0.139. The highest BCUT2D eigenvalue weighted by Gasteiger charge is 2.34. The van der Waals surface area contributed by atoms with Gasteiger partial charge in [-0.2, -0.15) is 13.2 Å². The Balaban J connectivity index is 1.66. The van der Waals surface area contributed by atoms with Crippen molar-refractivity contribution in [2.45, 2.75) is 31.4 Å². The maximum absolute atomic E-state index is 12.8. The number of carbonyl (C=O) groups is 1. The number of nitrogens with zero attached hydrogens (tertiary/aromatic N) is 1. The Labute approximate surface area is 133 Å². The number of rotatable bonds is 2. The molecule has 1 amide bonds. The van der Waals surface area contributed by atoms with Crippen molar-refractivity contribution in [1.29, 1.82) is 0 Å². The third kappa shape index (κ3) is 3.68. The first kappa shape index (κ1) is 16.3. The van der Waals surface area contributed by atoms with Crippen molar-refractivity contribution in [2.24, 2.45) is 5.92 Å². The molecule has 2 atom stereocenters. The average Bonchev–Trinajstić information content (AvgIpc) is 3.04. The van der Waals surface area contributed by atoms with E-state index in [-0.39, 0.29) is 17.7 Å². The van der Waals surface area contributed by atoms with Crippen LogP contribution in [0.2, 0.25) is 0 Å². The van der Waals surface area contributed by atoms with Gasteiger partial charge in [-0.15, -0.1) is 0 Å². The Morgan fingerprint density at radius 3 is 2.78 bits per heavy atom. The quantitative estimate of drug-likeness (QED) is 0.833. The van der Waals surface area contributed by atoms with Crippen LogP contribution in [-0.2, 0) is 15.7 Å². The van der Waals surface area contributed by atoms with E-state index in [0.29, 0.717) is 38.3 Å². The Hall–Kier alpha value is -1.56. The lowest BCUT2D eigenvalue weighted by atomic mass is 9.96. The van der Waals surface area contributed by atoms with Crippen LogP contribution in [0.5, 0.6) is 0 Å². The van der Waals surface area contributed by atoms with Crippen LogP contribution < -0.4 is 0 Å². The number of carbonyl (C=O) groups excluding carboxylic acids is 1. The standard InChI is InChI=1S/C17H20F3NO2/c18-17(19,20)15-5-1-3-12(9-15)13-6-7-21(10-13)16(22)14-4-2-8-23-11-14/h1,3,5,9,13-14H,2,4,6-8,10-11H2/t13-,14-/m0/s1. The summed E-state index contributed by atoms with van der Waals surface area (Å²) in [5.74, 6) is -0.0334. The van der Waals surface area contributed by atoms with Crippen molar-refractivity contribution in [2.75, 3.05) is 26.3 Å². The van der Waals surface area contributed by atoms with Crippen LogP contribution in [0.25, 0.3) is 0 Å². The van der Waals surface area contributed by atoms with Gasteiger partial charge in [0, 0.05) is 25.6 Å². The van der Waals surface area contributed by atoms with Gasteiger partial charge in [0.2, 0.25) is 5.91 Å². The van der Waals surface area contributed by atoms with Crippen molar-refractivity contribution in [3.63, 3.8) is 0 Å². The molecule has 2 aliphatic heterocycles. The minimum absolute atomic E-state index is 0.0224. The van der Waals surface area contributed by atoms with Crippen molar-refractivity contribution < 1.29 is 22.7 Å². The highest BCUT2D eigenvalue weighted by molar-refractivity contribution is 5.79. The van der Waals surface area contributed by atoms with E-state index >= 15 is 0 Å². The summed E-state index contributed by atoms with van der Waals surface area (Å²) in [4.78, 5) is 14.3. The number of alkyl halides is 3. The van der Waals surface area contributed by atoms with Gasteiger partial charge in [-0.05, 0) is 30.9 Å². The van der Waals surface area contributed by atoms with Gasteiger partial charge >= 0.3 is 6.18 Å². The second kappa shape index (κ2) is 6.51. The number of halogens is 3. The Kier molecular flexibility index (Phi) is 4.62. The zero-order chi connectivity index (χ0) is 16.4. The maximum Gasteiger partial charge on any atom is 0.416 e. The van der Waals surface area contributed by atoms with Gasteiger partial charge < -0.3 is 9.64 Å². The largest absolute Gasteiger partial charge is 0.416 e. The molecule has 0 spiro atoms. The predicted octanol–water partition coefficient (Wildman–Crippen LogP) is 3.45. The van der Waals surface area contributed by atoms with Crippen LogP contribution >= 0.6 is 0 Å². The minimum atomic E-state index is -4.33. The lowest BCUT2D eigenvalue weighted by Crippen LogP contribution is -2.38.